The van der Waals surface area contributed by atoms with E-state index in [0.717, 1.165) is 63.5 Å². The summed E-state index contributed by atoms with van der Waals surface area (Å²) in [6.07, 6.45) is 3.53. The number of rotatable bonds is 7. The van der Waals surface area contributed by atoms with Crippen LogP contribution in [0.15, 0.2) is 59.5 Å². The predicted molar refractivity (Wildman–Crippen MR) is 172 cm³/mol. The summed E-state index contributed by atoms with van der Waals surface area (Å²) in [5.74, 6) is -0.260. The van der Waals surface area contributed by atoms with Crippen molar-refractivity contribution in [2.75, 3.05) is 56.5 Å². The van der Waals surface area contributed by atoms with Gasteiger partial charge in [-0.05, 0) is 54.6 Å². The van der Waals surface area contributed by atoms with Crippen molar-refractivity contribution in [1.29, 1.82) is 0 Å². The number of aryl methyl sites for hydroxylation is 1. The number of likely N-dealkylation sites (tertiary alicyclic amines) is 1. The zero-order valence-corrected chi connectivity index (χ0v) is 26.1. The summed E-state index contributed by atoms with van der Waals surface area (Å²) >= 11 is 6.31. The molecule has 0 saturated carbocycles. The Kier molecular flexibility index (Phi) is 9.02. The molecule has 11 heteroatoms. The van der Waals surface area contributed by atoms with Gasteiger partial charge in [-0.3, -0.25) is 24.6 Å². The van der Waals surface area contributed by atoms with Crippen molar-refractivity contribution in [3.63, 3.8) is 0 Å². The Balaban J connectivity index is 1.02. The zero-order valence-electron chi connectivity index (χ0n) is 25.3. The topological polar surface area (TPSA) is 103 Å². The molecule has 0 radical (unpaired) electrons. The summed E-state index contributed by atoms with van der Waals surface area (Å²) in [5.41, 5.74) is 5.03. The number of imide groups is 1. The molecule has 4 heterocycles. The van der Waals surface area contributed by atoms with Gasteiger partial charge in [0, 0.05) is 71.0 Å². The van der Waals surface area contributed by atoms with Crippen molar-refractivity contribution in [1.82, 2.24) is 24.9 Å². The fraction of sp³-hybridized carbons (Fsp3) is 0.455. The van der Waals surface area contributed by atoms with Gasteiger partial charge >= 0.3 is 0 Å². The maximum absolute atomic E-state index is 12.4. The van der Waals surface area contributed by atoms with Crippen LogP contribution in [0.2, 0.25) is 5.02 Å². The number of hydrogen-bond donors (Lipinski definition) is 2. The smallest absolute Gasteiger partial charge is 0.287 e. The minimum Gasteiger partial charge on any atom is -0.378 e. The number of piperazine rings is 1. The molecule has 232 valence electrons. The lowest BCUT2D eigenvalue weighted by molar-refractivity contribution is -0.134. The third kappa shape index (κ3) is 6.82. The average molecular weight is 618 g/mol. The molecule has 0 aliphatic carbocycles. The second kappa shape index (κ2) is 13.1. The lowest BCUT2D eigenvalue weighted by atomic mass is 9.87. The van der Waals surface area contributed by atoms with Gasteiger partial charge in [0.1, 0.15) is 5.02 Å². The van der Waals surface area contributed by atoms with Crippen molar-refractivity contribution < 1.29 is 9.59 Å². The van der Waals surface area contributed by atoms with Crippen molar-refractivity contribution in [3.05, 3.63) is 86.8 Å². The monoisotopic (exact) mass is 617 g/mol. The van der Waals surface area contributed by atoms with Crippen LogP contribution in [0, 0.1) is 0 Å². The maximum Gasteiger partial charge on any atom is 0.287 e. The van der Waals surface area contributed by atoms with Gasteiger partial charge in [0.15, 0.2) is 0 Å². The second-order valence-corrected chi connectivity index (χ2v) is 12.8. The van der Waals surface area contributed by atoms with E-state index in [2.05, 4.69) is 73.9 Å². The van der Waals surface area contributed by atoms with Gasteiger partial charge in [-0.15, -0.1) is 0 Å². The molecule has 10 nitrogen and oxygen atoms in total. The molecule has 0 spiro atoms. The van der Waals surface area contributed by atoms with Crippen LogP contribution in [0.3, 0.4) is 0 Å². The highest BCUT2D eigenvalue weighted by molar-refractivity contribution is 6.32. The number of halogens is 1. The van der Waals surface area contributed by atoms with Crippen LogP contribution in [0.5, 0.6) is 0 Å². The van der Waals surface area contributed by atoms with E-state index < -0.39 is 0 Å². The van der Waals surface area contributed by atoms with Gasteiger partial charge in [0.05, 0.1) is 17.8 Å². The molecule has 2 aromatic carbocycles. The van der Waals surface area contributed by atoms with Gasteiger partial charge in [0.2, 0.25) is 11.8 Å². The van der Waals surface area contributed by atoms with Gasteiger partial charge in [-0.1, -0.05) is 48.0 Å². The van der Waals surface area contributed by atoms with E-state index >= 15 is 0 Å². The SMILES string of the molecule is CN1C[C@@H](Nc2cnn(C)c(=O)c2Cl)C[C@@H](c2ccc(CN3CCN(c4cccc(C5CCC(=O)NC5=O)c4)CC3)cc2)C1. The normalized spacial score (nSPS) is 23.4. The quantitative estimate of drug-likeness (QED) is 0.390. The molecule has 44 heavy (non-hydrogen) atoms. The molecule has 1 aromatic heterocycles. The number of benzene rings is 2. The predicted octanol–water partition coefficient (Wildman–Crippen LogP) is 3.18. The van der Waals surface area contributed by atoms with E-state index in [-0.39, 0.29) is 34.4 Å². The Morgan fingerprint density at radius 1 is 0.977 bits per heavy atom. The second-order valence-electron chi connectivity index (χ2n) is 12.4. The molecule has 2 N–H and O–H groups in total. The van der Waals surface area contributed by atoms with E-state index in [1.807, 2.05) is 12.1 Å². The maximum atomic E-state index is 12.4. The molecule has 3 aliphatic rings. The lowest BCUT2D eigenvalue weighted by Crippen LogP contribution is -2.46. The molecule has 3 saturated heterocycles. The number of aromatic nitrogens is 2. The summed E-state index contributed by atoms with van der Waals surface area (Å²) < 4.78 is 1.25. The molecule has 0 bridgehead atoms. The number of anilines is 2. The molecule has 2 amide bonds. The lowest BCUT2D eigenvalue weighted by Gasteiger charge is -2.37. The van der Waals surface area contributed by atoms with Crippen molar-refractivity contribution in [3.8, 4) is 0 Å². The first-order valence-corrected chi connectivity index (χ1v) is 15.8. The number of nitrogens with zero attached hydrogens (tertiary/aromatic N) is 5. The number of nitrogens with one attached hydrogen (secondary N) is 2. The third-order valence-electron chi connectivity index (χ3n) is 9.18. The Morgan fingerprint density at radius 2 is 1.75 bits per heavy atom. The number of carbonyl (C=O) groups is 2. The van der Waals surface area contributed by atoms with E-state index in [1.54, 1.807) is 13.2 Å². The van der Waals surface area contributed by atoms with Crippen molar-refractivity contribution in [2.24, 2.45) is 7.05 Å². The van der Waals surface area contributed by atoms with Crippen LogP contribution in [0.25, 0.3) is 0 Å². The van der Waals surface area contributed by atoms with Gasteiger partial charge in [-0.25, -0.2) is 4.68 Å². The van der Waals surface area contributed by atoms with Crippen LogP contribution >= 0.6 is 11.6 Å². The summed E-state index contributed by atoms with van der Waals surface area (Å²) in [6.45, 7) is 6.53. The van der Waals surface area contributed by atoms with Crippen LogP contribution < -0.4 is 21.1 Å². The van der Waals surface area contributed by atoms with Crippen LogP contribution in [0.1, 0.15) is 47.8 Å². The van der Waals surface area contributed by atoms with Gasteiger partial charge in [-0.2, -0.15) is 5.10 Å². The minimum atomic E-state index is -0.298. The fourth-order valence-electron chi connectivity index (χ4n) is 6.76. The molecule has 1 unspecified atom stereocenters. The zero-order chi connectivity index (χ0) is 30.8. The summed E-state index contributed by atoms with van der Waals surface area (Å²) in [7, 11) is 3.72. The summed E-state index contributed by atoms with van der Waals surface area (Å²) in [6, 6.07) is 17.4. The molecule has 6 rings (SSSR count). The first kappa shape index (κ1) is 30.3. The minimum absolute atomic E-state index is 0.158. The van der Waals surface area contributed by atoms with Gasteiger partial charge in [0.25, 0.3) is 5.56 Å². The number of piperidine rings is 2. The van der Waals surface area contributed by atoms with Crippen molar-refractivity contribution >= 4 is 34.8 Å². The first-order chi connectivity index (χ1) is 21.2. The van der Waals surface area contributed by atoms with Gasteiger partial charge < -0.3 is 15.1 Å². The highest BCUT2D eigenvalue weighted by Crippen LogP contribution is 2.31. The highest BCUT2D eigenvalue weighted by atomic mass is 35.5. The fourth-order valence-corrected chi connectivity index (χ4v) is 6.99. The van der Waals surface area contributed by atoms with Crippen molar-refractivity contribution in [2.45, 2.75) is 43.7 Å². The molecule has 3 aromatic rings. The standard InChI is InChI=1S/C33H40ClN7O3/c1-38-20-25(16-26(21-38)36-29-18-35-39(2)33(44)31(29)34)23-8-6-22(7-9-23)19-40-12-14-41(15-13-40)27-5-3-4-24(17-27)28-10-11-30(42)37-32(28)43/h3-9,17-18,25-26,28,36H,10-16,19-21H2,1-2H3,(H,37,42,43)/t25-,26+,28?/m1/s1. The number of hydrogen-bond acceptors (Lipinski definition) is 8. The number of amides is 2. The van der Waals surface area contributed by atoms with Crippen LogP contribution in [-0.2, 0) is 23.2 Å². The van der Waals surface area contributed by atoms with E-state index in [9.17, 15) is 14.4 Å². The Labute approximate surface area is 263 Å². The molecule has 3 fully saturated rings. The Bertz CT molecular complexity index is 1570. The molecule has 3 atom stereocenters. The largest absolute Gasteiger partial charge is 0.378 e. The van der Waals surface area contributed by atoms with E-state index in [4.69, 9.17) is 11.6 Å². The molecule has 3 aliphatic heterocycles. The van der Waals surface area contributed by atoms with Crippen LogP contribution in [0.4, 0.5) is 11.4 Å². The third-order valence-corrected chi connectivity index (χ3v) is 9.54. The Hall–Kier alpha value is -3.73. The number of likely N-dealkylation sites (N-methyl/N-ethyl adjacent to an activating group) is 1. The summed E-state index contributed by atoms with van der Waals surface area (Å²) in [4.78, 5) is 43.3. The highest BCUT2D eigenvalue weighted by Gasteiger charge is 2.29. The average Bonchev–Trinajstić information content (AvgIpc) is 3.02. The Morgan fingerprint density at radius 3 is 2.50 bits per heavy atom. The van der Waals surface area contributed by atoms with E-state index in [1.165, 1.54) is 15.8 Å². The van der Waals surface area contributed by atoms with Crippen LogP contribution in [-0.4, -0.2) is 83.8 Å². The molecular weight excluding hydrogens is 578 g/mol. The molecular formula is C33H40ClN7O3. The number of carbonyl (C=O) groups excluding carboxylic acids is 2. The first-order valence-electron chi connectivity index (χ1n) is 15.4. The van der Waals surface area contributed by atoms with E-state index in [0.29, 0.717) is 24.4 Å². The summed E-state index contributed by atoms with van der Waals surface area (Å²) in [5, 5.41) is 10.2.